The van der Waals surface area contributed by atoms with Crippen molar-refractivity contribution in [2.24, 2.45) is 11.5 Å². The number of amides is 3. The van der Waals surface area contributed by atoms with Crippen LogP contribution in [0.4, 0.5) is 5.69 Å². The SMILES string of the molecule is NC(=O)c1cc(NC(=O)c2sccc2Br)cc(C(N)=O)c1. The van der Waals surface area contributed by atoms with E-state index < -0.39 is 11.8 Å². The largest absolute Gasteiger partial charge is 0.366 e. The molecule has 6 nitrogen and oxygen atoms in total. The average Bonchev–Trinajstić information content (AvgIpc) is 2.84. The zero-order chi connectivity index (χ0) is 15.6. The first-order valence-corrected chi connectivity index (χ1v) is 7.35. The van der Waals surface area contributed by atoms with Crippen LogP contribution in [0.15, 0.2) is 34.1 Å². The van der Waals surface area contributed by atoms with Crippen LogP contribution in [0, 0.1) is 0 Å². The fourth-order valence-corrected chi connectivity index (χ4v) is 3.07. The van der Waals surface area contributed by atoms with Crippen LogP contribution in [0.5, 0.6) is 0 Å². The van der Waals surface area contributed by atoms with Crippen molar-refractivity contribution in [1.82, 2.24) is 0 Å². The molecule has 5 N–H and O–H groups in total. The summed E-state index contributed by atoms with van der Waals surface area (Å²) in [6.45, 7) is 0. The predicted molar refractivity (Wildman–Crippen MR) is 83.5 cm³/mol. The van der Waals surface area contributed by atoms with Crippen LogP contribution in [0.3, 0.4) is 0 Å². The molecule has 0 spiro atoms. The number of primary amides is 2. The maximum atomic E-state index is 12.1. The second-order valence-electron chi connectivity index (χ2n) is 4.08. The summed E-state index contributed by atoms with van der Waals surface area (Å²) in [4.78, 5) is 35.1. The van der Waals surface area contributed by atoms with Crippen molar-refractivity contribution in [3.05, 3.63) is 50.1 Å². The van der Waals surface area contributed by atoms with E-state index in [-0.39, 0.29) is 22.7 Å². The van der Waals surface area contributed by atoms with Crippen molar-refractivity contribution in [3.63, 3.8) is 0 Å². The zero-order valence-corrected chi connectivity index (χ0v) is 13.0. The molecule has 0 saturated heterocycles. The molecule has 1 aromatic heterocycles. The van der Waals surface area contributed by atoms with Crippen LogP contribution in [0.25, 0.3) is 0 Å². The highest BCUT2D eigenvalue weighted by atomic mass is 79.9. The number of nitrogens with one attached hydrogen (secondary N) is 1. The number of thiophene rings is 1. The summed E-state index contributed by atoms with van der Waals surface area (Å²) in [5, 5.41) is 4.36. The smallest absolute Gasteiger partial charge is 0.266 e. The Labute approximate surface area is 132 Å². The van der Waals surface area contributed by atoms with E-state index in [9.17, 15) is 14.4 Å². The van der Waals surface area contributed by atoms with Crippen molar-refractivity contribution in [2.75, 3.05) is 5.32 Å². The van der Waals surface area contributed by atoms with Gasteiger partial charge in [0.1, 0.15) is 4.88 Å². The van der Waals surface area contributed by atoms with Crippen LogP contribution in [0.1, 0.15) is 30.4 Å². The van der Waals surface area contributed by atoms with Gasteiger partial charge in [-0.2, -0.15) is 0 Å². The summed E-state index contributed by atoms with van der Waals surface area (Å²) in [7, 11) is 0. The molecule has 0 aliphatic heterocycles. The number of hydrogen-bond donors (Lipinski definition) is 3. The summed E-state index contributed by atoms with van der Waals surface area (Å²) in [6.07, 6.45) is 0. The second-order valence-corrected chi connectivity index (χ2v) is 5.85. The zero-order valence-electron chi connectivity index (χ0n) is 10.6. The third-order valence-electron chi connectivity index (χ3n) is 2.58. The molecule has 1 aromatic carbocycles. The minimum Gasteiger partial charge on any atom is -0.366 e. The van der Waals surface area contributed by atoms with Gasteiger partial charge in [0.2, 0.25) is 11.8 Å². The Bertz CT molecular complexity index is 710. The van der Waals surface area contributed by atoms with Gasteiger partial charge in [0.05, 0.1) is 0 Å². The molecule has 1 heterocycles. The molecule has 0 aliphatic rings. The monoisotopic (exact) mass is 367 g/mol. The molecule has 3 amide bonds. The van der Waals surface area contributed by atoms with Gasteiger partial charge in [-0.3, -0.25) is 14.4 Å². The van der Waals surface area contributed by atoms with Gasteiger partial charge in [-0.05, 0) is 45.6 Å². The number of carbonyl (C=O) groups excluding carboxylic acids is 3. The lowest BCUT2D eigenvalue weighted by Gasteiger charge is -2.08. The molecule has 0 fully saturated rings. The highest BCUT2D eigenvalue weighted by Crippen LogP contribution is 2.24. The molecular weight excluding hydrogens is 358 g/mol. The number of hydrogen-bond acceptors (Lipinski definition) is 4. The number of nitrogens with two attached hydrogens (primary N) is 2. The average molecular weight is 368 g/mol. The third-order valence-corrected chi connectivity index (χ3v) is 4.42. The fraction of sp³-hybridized carbons (Fsp3) is 0. The van der Waals surface area contributed by atoms with Gasteiger partial charge in [-0.1, -0.05) is 0 Å². The van der Waals surface area contributed by atoms with E-state index in [1.54, 1.807) is 11.4 Å². The predicted octanol–water partition coefficient (Wildman–Crippen LogP) is 1.96. The number of carbonyl (C=O) groups is 3. The van der Waals surface area contributed by atoms with Gasteiger partial charge in [-0.25, -0.2) is 0 Å². The molecule has 0 bridgehead atoms. The quantitative estimate of drug-likeness (QED) is 0.766. The van der Waals surface area contributed by atoms with Crippen molar-refractivity contribution in [1.29, 1.82) is 0 Å². The van der Waals surface area contributed by atoms with E-state index in [2.05, 4.69) is 21.2 Å². The van der Waals surface area contributed by atoms with Crippen LogP contribution in [0.2, 0.25) is 0 Å². The van der Waals surface area contributed by atoms with E-state index >= 15 is 0 Å². The number of anilines is 1. The molecule has 8 heteroatoms. The van der Waals surface area contributed by atoms with E-state index in [0.717, 1.165) is 0 Å². The van der Waals surface area contributed by atoms with Crippen LogP contribution < -0.4 is 16.8 Å². The minimum atomic E-state index is -0.717. The van der Waals surface area contributed by atoms with E-state index in [0.29, 0.717) is 9.35 Å². The molecule has 0 atom stereocenters. The lowest BCUT2D eigenvalue weighted by atomic mass is 10.1. The van der Waals surface area contributed by atoms with Crippen LogP contribution >= 0.6 is 27.3 Å². The van der Waals surface area contributed by atoms with Gasteiger partial charge in [-0.15, -0.1) is 11.3 Å². The molecule has 0 aliphatic carbocycles. The maximum absolute atomic E-state index is 12.1. The first-order valence-electron chi connectivity index (χ1n) is 5.67. The third kappa shape index (κ3) is 3.47. The standard InChI is InChI=1S/C13H10BrN3O3S/c14-9-1-2-21-10(9)13(20)17-8-4-6(11(15)18)3-7(5-8)12(16)19/h1-5H,(H2,15,18)(H2,16,19)(H,17,20). The Morgan fingerprint density at radius 3 is 2.05 bits per heavy atom. The molecule has 0 unspecified atom stereocenters. The minimum absolute atomic E-state index is 0.0897. The van der Waals surface area contributed by atoms with Gasteiger partial charge in [0.25, 0.3) is 5.91 Å². The summed E-state index contributed by atoms with van der Waals surface area (Å²) >= 11 is 4.51. The number of halogens is 1. The highest BCUT2D eigenvalue weighted by molar-refractivity contribution is 9.10. The first-order chi connectivity index (χ1) is 9.88. The number of benzene rings is 1. The highest BCUT2D eigenvalue weighted by Gasteiger charge is 2.14. The van der Waals surface area contributed by atoms with Gasteiger partial charge in [0.15, 0.2) is 0 Å². The van der Waals surface area contributed by atoms with Crippen LogP contribution in [-0.2, 0) is 0 Å². The Balaban J connectivity index is 2.35. The normalized spacial score (nSPS) is 10.1. The molecule has 108 valence electrons. The van der Waals surface area contributed by atoms with Crippen molar-refractivity contribution in [2.45, 2.75) is 0 Å². The van der Waals surface area contributed by atoms with E-state index in [4.69, 9.17) is 11.5 Å². The lowest BCUT2D eigenvalue weighted by Crippen LogP contribution is -2.18. The second kappa shape index (κ2) is 6.06. The molecule has 21 heavy (non-hydrogen) atoms. The van der Waals surface area contributed by atoms with E-state index in [1.165, 1.54) is 29.5 Å². The van der Waals surface area contributed by atoms with E-state index in [1.807, 2.05) is 0 Å². The van der Waals surface area contributed by atoms with Crippen LogP contribution in [-0.4, -0.2) is 17.7 Å². The van der Waals surface area contributed by atoms with Gasteiger partial charge < -0.3 is 16.8 Å². The van der Waals surface area contributed by atoms with Crippen molar-refractivity contribution < 1.29 is 14.4 Å². The topological polar surface area (TPSA) is 115 Å². The Hall–Kier alpha value is -2.19. The lowest BCUT2D eigenvalue weighted by molar-refractivity contribution is 0.0994. The molecular formula is C13H10BrN3O3S. The van der Waals surface area contributed by atoms with Crippen molar-refractivity contribution in [3.8, 4) is 0 Å². The molecule has 2 aromatic rings. The summed E-state index contributed by atoms with van der Waals surface area (Å²) in [6, 6.07) is 5.79. The van der Waals surface area contributed by atoms with Crippen molar-refractivity contribution >= 4 is 50.7 Å². The molecule has 0 saturated carbocycles. The van der Waals surface area contributed by atoms with Gasteiger partial charge >= 0.3 is 0 Å². The first kappa shape index (κ1) is 15.2. The summed E-state index contributed by atoms with van der Waals surface area (Å²) in [5.74, 6) is -1.80. The molecule has 2 rings (SSSR count). The Kier molecular flexibility index (Phi) is 4.39. The molecule has 0 radical (unpaired) electrons. The summed E-state index contributed by atoms with van der Waals surface area (Å²) in [5.41, 5.74) is 10.8. The number of rotatable bonds is 4. The fourth-order valence-electron chi connectivity index (χ4n) is 1.63. The maximum Gasteiger partial charge on any atom is 0.266 e. The Morgan fingerprint density at radius 2 is 1.62 bits per heavy atom. The Morgan fingerprint density at radius 1 is 1.05 bits per heavy atom. The summed E-state index contributed by atoms with van der Waals surface area (Å²) < 4.78 is 0.659. The van der Waals surface area contributed by atoms with Gasteiger partial charge in [0, 0.05) is 21.3 Å².